The number of hydroxylamine groups is 8. The number of piperidine rings is 4. The maximum Gasteiger partial charge on any atom is 0.418 e. The molecule has 8 aliphatic heterocycles. The Labute approximate surface area is 773 Å². The summed E-state index contributed by atoms with van der Waals surface area (Å²) in [6.45, 7) is 24.7. The summed E-state index contributed by atoms with van der Waals surface area (Å²) in [5, 5.41) is 78.2. The first-order valence-electron chi connectivity index (χ1n) is 46.3. The fraction of sp³-hybridized carbons (Fsp3) is 0.810. The highest BCUT2D eigenvalue weighted by atomic mass is 32.3. The number of fused-ring (bicyclic) bond motifs is 12. The van der Waals surface area contributed by atoms with Crippen molar-refractivity contribution < 1.29 is 141 Å². The summed E-state index contributed by atoms with van der Waals surface area (Å²) < 4.78 is 173. The van der Waals surface area contributed by atoms with E-state index in [2.05, 4.69) is 74.9 Å². The fourth-order valence-corrected chi connectivity index (χ4v) is 19.5. The van der Waals surface area contributed by atoms with E-state index in [9.17, 15) is 78.6 Å². The Morgan fingerprint density at radius 3 is 1.16 bits per heavy atom. The number of aliphatic hydroxyl groups is 2. The topological polar surface area (TPSA) is 632 Å². The summed E-state index contributed by atoms with van der Waals surface area (Å²) in [5.74, 6) is 2.26. The van der Waals surface area contributed by atoms with Gasteiger partial charge in [-0.05, 0) is 213 Å². The number of halogens is 1. The number of ether oxygens (including phenoxy) is 3. The first-order valence-corrected chi connectivity index (χ1v) is 48.7. The lowest BCUT2D eigenvalue weighted by Gasteiger charge is -2.34. The number of rotatable bonds is 34. The van der Waals surface area contributed by atoms with Gasteiger partial charge >= 0.3 is 73.6 Å². The van der Waals surface area contributed by atoms with Crippen molar-refractivity contribution >= 4 is 73.6 Å². The van der Waals surface area contributed by atoms with Crippen LogP contribution in [-0.2, 0) is 58.3 Å². The minimum Gasteiger partial charge on any atom is -0.444 e. The maximum atomic E-state index is 12.9. The Morgan fingerprint density at radius 2 is 0.812 bits per heavy atom. The van der Waals surface area contributed by atoms with Crippen LogP contribution in [0.25, 0.3) is 0 Å². The zero-order valence-electron chi connectivity index (χ0n) is 79.8. The van der Waals surface area contributed by atoms with Crippen LogP contribution in [0.15, 0.2) is 17.7 Å². The van der Waals surface area contributed by atoms with E-state index in [1.165, 1.54) is 14.7 Å². The molecular weight excluding hydrogens is 1820 g/mol. The number of nitrogens with one attached hydrogen (secondary N) is 4. The summed E-state index contributed by atoms with van der Waals surface area (Å²) in [6, 6.07) is -5.86. The summed E-state index contributed by atoms with van der Waals surface area (Å²) in [6.07, 6.45) is 12.3. The van der Waals surface area contributed by atoms with E-state index in [1.807, 2.05) is 62.4 Å². The van der Waals surface area contributed by atoms with Crippen LogP contribution in [0.1, 0.15) is 311 Å². The molecule has 4 saturated carbocycles. The molecule has 12 fully saturated rings. The van der Waals surface area contributed by atoms with Crippen molar-refractivity contribution in [3.05, 3.63) is 47.1 Å². The summed E-state index contributed by atoms with van der Waals surface area (Å²) >= 11 is 0. The number of aromatic nitrogens is 8. The lowest BCUT2D eigenvalue weighted by Crippen LogP contribution is -2.43. The van der Waals surface area contributed by atoms with Crippen LogP contribution < -0.4 is 21.3 Å². The fourth-order valence-electron chi connectivity index (χ4n) is 18.4. The molecule has 4 aliphatic carbocycles. The van der Waals surface area contributed by atoms with Crippen LogP contribution in [0.4, 0.5) is 38.0 Å². The maximum absolute atomic E-state index is 12.9. The number of alkyl halides is 1. The zero-order valence-corrected chi connectivity index (χ0v) is 79.3. The second kappa shape index (κ2) is 40.6. The van der Waals surface area contributed by atoms with Gasteiger partial charge in [0.15, 0.2) is 0 Å². The van der Waals surface area contributed by atoms with E-state index in [0.29, 0.717) is 94.8 Å². The molecule has 16 rings (SSSR count). The lowest BCUT2D eigenvalue weighted by atomic mass is 9.85. The number of alkyl carbamates (subject to hydrolysis) is 2. The van der Waals surface area contributed by atoms with Gasteiger partial charge in [0.2, 0.25) is 47.1 Å². The predicted octanol–water partition coefficient (Wildman–Crippen LogP) is 8.54. The summed E-state index contributed by atoms with van der Waals surface area (Å²) in [7, 11) is -11.9. The van der Waals surface area contributed by atoms with Crippen molar-refractivity contribution in [1.29, 1.82) is 0 Å². The molecule has 54 heteroatoms. The Morgan fingerprint density at radius 1 is 0.496 bits per heavy atom. The van der Waals surface area contributed by atoms with Gasteiger partial charge in [0.05, 0.1) is 32.7 Å². The Hall–Kier alpha value is -9.21. The third-order valence-electron chi connectivity index (χ3n) is 25.9. The average molecular weight is 1950 g/mol. The molecule has 4 aromatic heterocycles. The van der Waals surface area contributed by atoms with E-state index in [4.69, 9.17) is 49.9 Å². The minimum absolute atomic E-state index is 0.0114. The van der Waals surface area contributed by atoms with E-state index < -0.39 is 134 Å². The number of unbranched alkanes of at least 4 members (excludes halogenated alkanes) is 3. The van der Waals surface area contributed by atoms with Gasteiger partial charge < -0.3 is 87.9 Å². The molecule has 4 aromatic rings. The molecule has 133 heavy (non-hydrogen) atoms. The number of urea groups is 4. The number of aliphatic hydroxyl groups excluding tert-OH is 2. The van der Waals surface area contributed by atoms with Crippen LogP contribution >= 0.6 is 0 Å². The van der Waals surface area contributed by atoms with Gasteiger partial charge in [0.25, 0.3) is 0 Å². The van der Waals surface area contributed by atoms with Crippen molar-refractivity contribution in [2.45, 2.75) is 300 Å². The number of hydrogen-bond acceptors (Lipinski definition) is 36. The summed E-state index contributed by atoms with van der Waals surface area (Å²) in [5.41, 5.74) is -2.58. The summed E-state index contributed by atoms with van der Waals surface area (Å²) in [4.78, 5) is 93.7. The van der Waals surface area contributed by atoms with Gasteiger partial charge in [-0.15, -0.1) is 53.6 Å². The third-order valence-corrected chi connectivity index (χ3v) is 26.9. The predicted molar refractivity (Wildman–Crippen MR) is 455 cm³/mol. The minimum atomic E-state index is -4.85. The van der Waals surface area contributed by atoms with E-state index >= 15 is 0 Å². The first-order chi connectivity index (χ1) is 63.7. The Balaban J connectivity index is 0.000000172. The zero-order chi connectivity index (χ0) is 100.0. The molecule has 0 unspecified atom stereocenters. The van der Waals surface area contributed by atoms with Crippen molar-refractivity contribution in [3.63, 3.8) is 0 Å². The third kappa shape index (κ3) is 25.4. The normalized spacial score (nSPS) is 24.6. The first kappa shape index (κ1) is 99.7. The Kier molecular flexibility index (Phi) is 30.5. The second-order valence-corrected chi connectivity index (χ2v) is 42.3. The van der Waals surface area contributed by atoms with Gasteiger partial charge in [-0.2, -0.15) is 40.4 Å². The number of hydrogen-bond donors (Lipinski definition) is 10. The molecule has 0 radical (unpaired) electrons. The quantitative estimate of drug-likeness (QED) is 0.00905. The molecule has 12 atom stereocenters. The van der Waals surface area contributed by atoms with Crippen LogP contribution in [0.2, 0.25) is 0 Å². The SMILES string of the molecule is CC(C)(C)OC(=O)NCCCC[C@H](O)c1nnc([C@@H]2CC3(CC3)[C@@H]3CN2C(=O)N3OS(=O)(=O)O)o1.CNCCNC[C@H](O)c1nnc([C@@H]2CC3(CC3)[C@@H]3CN2C(=O)N3OS(=O)(=O)O)o1.C[C@@H](CCCCN(C)C(=O)OC(C)(C)C)c1nnc([C@@H]2CC3(CC3)[C@@H]3CN2C(=O)N3O)o1.C[C@@H](CCCCNC(=O)OC(C)(C)C)c1nnc([C@@H]2CC3(CC3)[C@@H]3CN2C(=O)N3OS(=O)(=O)O)o1.[2H]CF.[2H][2H]. The molecule has 748 valence electrons. The monoisotopic (exact) mass is 1950 g/mol. The molecule has 0 aromatic carbocycles. The van der Waals surface area contributed by atoms with Gasteiger partial charge in [-0.3, -0.25) is 23.3 Å². The molecule has 10 N–H and O–H groups in total. The van der Waals surface area contributed by atoms with E-state index in [0.717, 1.165) is 123 Å². The van der Waals surface area contributed by atoms with Crippen molar-refractivity contribution in [3.8, 4) is 0 Å². The second-order valence-electron chi connectivity index (χ2n) is 39.3. The molecule has 12 aliphatic rings. The van der Waals surface area contributed by atoms with E-state index in [-0.39, 0.29) is 107 Å². The molecular formula is C79H128FN21O29S3. The van der Waals surface area contributed by atoms with Gasteiger partial charge in [0.1, 0.15) is 53.2 Å². The van der Waals surface area contributed by atoms with Crippen molar-refractivity contribution in [2.24, 2.45) is 21.7 Å². The standard InChI is InChI=1S/C22H35N5O5.C21H33N5O8S.C20H31N5O9S.C15H24N6O7S.CH3F.H2/c1-14(8-6-7-11-25(5)20(29)32-21(2,3)4)17-23-24-18(31-17)15-12-22(9-10-22)16-13-26(15)19(28)27(16)30;1-13(7-5-6-10-22-18(27)33-20(2,3)4)16-23-24-17(32-16)14-11-21(8-9-21)15-12-25(14)19(28)26(15)34-35(29,30)31;1-19(2,3)33-17(27)21-9-5-4-6-13(26)16-23-22-15(32-16)12-10-20(7-8-20)14-11-24(12)18(28)25(14)34-35(29,30)31;1-16-4-5-17-7-10(22)13-19-18-12(27-13)9-6-15(2-3-15)11-8-20(9)14(23)21(11)28-29(24,25)26;1-2;/h14-16,30H,6-13H2,1-5H3;13-15H,5-12H2,1-4H3,(H,22,27)(H,29,30,31);12-14,26H,4-11H2,1-3H3,(H,21,27)(H,29,30,31);9-11,16-17,22H,2-8H2,1H3,(H,24,25,26);1H3;1H/t14-,15-,16-;13-,14-,15-;12-,13-,14-;9-,10-,11-;;/m0000../s1/i;;;;1D;1+1D. The molecule has 12 heterocycles. The number of likely N-dealkylation sites (N-methyl/N-ethyl adjacent to an activating group) is 1. The van der Waals surface area contributed by atoms with Crippen LogP contribution in [0, 0.1) is 21.7 Å². The smallest absolute Gasteiger partial charge is 0.418 e. The highest BCUT2D eigenvalue weighted by Crippen LogP contribution is 2.66. The molecule has 8 saturated heterocycles. The van der Waals surface area contributed by atoms with Gasteiger partial charge in [0, 0.05) is 87.3 Å². The highest BCUT2D eigenvalue weighted by molar-refractivity contribution is 7.81. The Bertz CT molecular complexity index is 4980. The number of nitrogens with zero attached hydrogens (tertiary/aromatic N) is 17. The van der Waals surface area contributed by atoms with Gasteiger partial charge in [-0.1, -0.05) is 26.7 Å². The highest BCUT2D eigenvalue weighted by Gasteiger charge is 2.69. The number of amides is 11. The van der Waals surface area contributed by atoms with Crippen molar-refractivity contribution in [1.82, 2.24) is 107 Å². The molecule has 11 amide bonds. The lowest BCUT2D eigenvalue weighted by molar-refractivity contribution is -0.0783. The molecule has 50 nitrogen and oxygen atoms in total. The van der Waals surface area contributed by atoms with Crippen LogP contribution in [0.3, 0.4) is 0 Å². The van der Waals surface area contributed by atoms with Crippen LogP contribution in [0.5, 0.6) is 0 Å². The average Bonchev–Trinajstić information content (AvgIpc) is 1.56. The number of carbonyl (C=O) groups is 7. The number of carbonyl (C=O) groups excluding carboxylic acids is 7. The largest absolute Gasteiger partial charge is 0.444 e. The van der Waals surface area contributed by atoms with E-state index in [1.54, 1.807) is 37.6 Å². The molecule has 8 bridgehead atoms. The van der Waals surface area contributed by atoms with Crippen LogP contribution in [-0.4, -0.2) is 310 Å². The molecule has 4 spiro atoms. The van der Waals surface area contributed by atoms with Gasteiger partial charge in [-0.25, -0.2) is 38.6 Å². The van der Waals surface area contributed by atoms with Crippen molar-refractivity contribution in [2.75, 3.05) is 86.7 Å².